The molecule has 1 aromatic heterocycles. The molecule has 0 saturated heterocycles. The zero-order chi connectivity index (χ0) is 13.7. The maximum absolute atomic E-state index is 5.22. The average Bonchev–Trinajstić information content (AvgIpc) is 3.12. The van der Waals surface area contributed by atoms with E-state index in [0.29, 0.717) is 0 Å². The van der Waals surface area contributed by atoms with Crippen molar-refractivity contribution < 1.29 is 4.74 Å². The Morgan fingerprint density at radius 1 is 1.20 bits per heavy atom. The number of benzene rings is 1. The Kier molecular flexibility index (Phi) is 2.71. The fourth-order valence-electron chi connectivity index (χ4n) is 2.36. The first-order chi connectivity index (χ1) is 9.78. The SMILES string of the molecule is COc1ccc(C2SC=C3Sc4nnc(C)n4N32)cc1. The highest BCUT2D eigenvalue weighted by Gasteiger charge is 2.38. The van der Waals surface area contributed by atoms with Gasteiger partial charge < -0.3 is 4.74 Å². The molecule has 0 saturated carbocycles. The number of fused-ring (bicyclic) bond motifs is 3. The number of nitrogens with zero attached hydrogens (tertiary/aromatic N) is 4. The third-order valence-corrected chi connectivity index (χ3v) is 5.52. The minimum Gasteiger partial charge on any atom is -0.497 e. The monoisotopic (exact) mass is 304 g/mol. The molecule has 7 heteroatoms. The number of hydrogen-bond acceptors (Lipinski definition) is 6. The van der Waals surface area contributed by atoms with E-state index in [-0.39, 0.29) is 5.37 Å². The normalized spacial score (nSPS) is 19.8. The Morgan fingerprint density at radius 3 is 2.75 bits per heavy atom. The molecule has 20 heavy (non-hydrogen) atoms. The van der Waals surface area contributed by atoms with Gasteiger partial charge in [0, 0.05) is 5.41 Å². The van der Waals surface area contributed by atoms with Crippen LogP contribution < -0.4 is 9.75 Å². The second-order valence-electron chi connectivity index (χ2n) is 4.51. The summed E-state index contributed by atoms with van der Waals surface area (Å²) in [6.07, 6.45) is 0. The van der Waals surface area contributed by atoms with Gasteiger partial charge in [-0.1, -0.05) is 23.9 Å². The van der Waals surface area contributed by atoms with Crippen molar-refractivity contribution in [3.63, 3.8) is 0 Å². The highest BCUT2D eigenvalue weighted by molar-refractivity contribution is 8.07. The third-order valence-electron chi connectivity index (χ3n) is 3.33. The number of aryl methyl sites for hydroxylation is 1. The van der Waals surface area contributed by atoms with E-state index in [1.807, 2.05) is 19.1 Å². The van der Waals surface area contributed by atoms with Crippen LogP contribution in [0, 0.1) is 6.92 Å². The second-order valence-corrected chi connectivity index (χ2v) is 6.45. The van der Waals surface area contributed by atoms with Crippen LogP contribution in [0.25, 0.3) is 0 Å². The summed E-state index contributed by atoms with van der Waals surface area (Å²) < 4.78 is 7.31. The van der Waals surface area contributed by atoms with Crippen LogP contribution in [0.3, 0.4) is 0 Å². The van der Waals surface area contributed by atoms with E-state index in [1.54, 1.807) is 30.6 Å². The van der Waals surface area contributed by atoms with Gasteiger partial charge in [0.25, 0.3) is 0 Å². The molecular weight excluding hydrogens is 292 g/mol. The Morgan fingerprint density at radius 2 is 2.00 bits per heavy atom. The predicted octanol–water partition coefficient (Wildman–Crippen LogP) is 2.88. The molecule has 2 aliphatic heterocycles. The first-order valence-electron chi connectivity index (χ1n) is 6.17. The van der Waals surface area contributed by atoms with Gasteiger partial charge in [0.2, 0.25) is 5.16 Å². The number of hydrogen-bond donors (Lipinski definition) is 0. The summed E-state index contributed by atoms with van der Waals surface area (Å²) in [5.74, 6) is 1.79. The van der Waals surface area contributed by atoms with Gasteiger partial charge in [-0.3, -0.25) is 5.01 Å². The number of ether oxygens (including phenoxy) is 1. The van der Waals surface area contributed by atoms with Crippen LogP contribution in [-0.4, -0.2) is 22.0 Å². The third kappa shape index (κ3) is 1.66. The zero-order valence-electron chi connectivity index (χ0n) is 11.0. The molecule has 1 aromatic carbocycles. The van der Waals surface area contributed by atoms with Crippen molar-refractivity contribution in [2.75, 3.05) is 12.1 Å². The molecule has 1 atom stereocenters. The van der Waals surface area contributed by atoms with Crippen molar-refractivity contribution in [2.45, 2.75) is 17.5 Å². The van der Waals surface area contributed by atoms with Crippen molar-refractivity contribution >= 4 is 23.5 Å². The highest BCUT2D eigenvalue weighted by Crippen LogP contribution is 2.51. The zero-order valence-corrected chi connectivity index (χ0v) is 12.6. The lowest BCUT2D eigenvalue weighted by atomic mass is 10.2. The summed E-state index contributed by atoms with van der Waals surface area (Å²) in [6.45, 7) is 1.98. The van der Waals surface area contributed by atoms with Crippen LogP contribution >= 0.6 is 23.5 Å². The van der Waals surface area contributed by atoms with Gasteiger partial charge in [-0.25, -0.2) is 4.68 Å². The number of thioether (sulfide) groups is 2. The molecule has 0 radical (unpaired) electrons. The molecule has 0 bridgehead atoms. The summed E-state index contributed by atoms with van der Waals surface area (Å²) in [5.41, 5.74) is 1.24. The largest absolute Gasteiger partial charge is 0.497 e. The van der Waals surface area contributed by atoms with E-state index in [2.05, 4.69) is 37.4 Å². The molecule has 2 aromatic rings. The summed E-state index contributed by atoms with van der Waals surface area (Å²) in [4.78, 5) is 0. The Balaban J connectivity index is 1.72. The van der Waals surface area contributed by atoms with Crippen molar-refractivity contribution in [3.05, 3.63) is 46.1 Å². The molecule has 1 unspecified atom stereocenters. The van der Waals surface area contributed by atoms with Crippen molar-refractivity contribution in [2.24, 2.45) is 0 Å². The van der Waals surface area contributed by atoms with Crippen molar-refractivity contribution in [1.29, 1.82) is 0 Å². The number of aromatic nitrogens is 3. The highest BCUT2D eigenvalue weighted by atomic mass is 32.2. The van der Waals surface area contributed by atoms with E-state index >= 15 is 0 Å². The van der Waals surface area contributed by atoms with Crippen LogP contribution in [0.15, 0.2) is 39.9 Å². The minimum atomic E-state index is 0.222. The van der Waals surface area contributed by atoms with Gasteiger partial charge in [0.15, 0.2) is 5.82 Å². The number of methoxy groups -OCH3 is 1. The lowest BCUT2D eigenvalue weighted by Gasteiger charge is -2.25. The fourth-order valence-corrected chi connectivity index (χ4v) is 4.63. The summed E-state index contributed by atoms with van der Waals surface area (Å²) in [6, 6.07) is 8.21. The molecule has 0 fully saturated rings. The van der Waals surface area contributed by atoms with E-state index in [4.69, 9.17) is 4.74 Å². The van der Waals surface area contributed by atoms with Crippen LogP contribution in [0.2, 0.25) is 0 Å². The number of rotatable bonds is 2. The van der Waals surface area contributed by atoms with E-state index in [9.17, 15) is 0 Å². The first-order valence-corrected chi connectivity index (χ1v) is 7.93. The molecule has 4 rings (SSSR count). The maximum atomic E-state index is 5.22. The molecule has 0 aliphatic carbocycles. The van der Waals surface area contributed by atoms with Gasteiger partial charge in [-0.2, -0.15) is 0 Å². The second kappa shape index (κ2) is 4.46. The Labute approximate surface area is 125 Å². The van der Waals surface area contributed by atoms with Crippen LogP contribution in [0.5, 0.6) is 5.75 Å². The maximum Gasteiger partial charge on any atom is 0.216 e. The van der Waals surface area contributed by atoms with Gasteiger partial charge in [0.05, 0.1) is 7.11 Å². The minimum absolute atomic E-state index is 0.222. The molecule has 0 N–H and O–H groups in total. The van der Waals surface area contributed by atoms with E-state index < -0.39 is 0 Å². The van der Waals surface area contributed by atoms with Crippen molar-refractivity contribution in [3.8, 4) is 5.75 Å². The quantitative estimate of drug-likeness (QED) is 0.850. The van der Waals surface area contributed by atoms with Crippen molar-refractivity contribution in [1.82, 2.24) is 14.9 Å². The molecule has 5 nitrogen and oxygen atoms in total. The average molecular weight is 304 g/mol. The van der Waals surface area contributed by atoms with Gasteiger partial charge in [-0.15, -0.1) is 10.2 Å². The molecule has 102 valence electrons. The summed E-state index contributed by atoms with van der Waals surface area (Å²) in [5, 5.41) is 15.2. The molecule has 2 aliphatic rings. The van der Waals surface area contributed by atoms with Crippen LogP contribution in [0.4, 0.5) is 0 Å². The smallest absolute Gasteiger partial charge is 0.216 e. The van der Waals surface area contributed by atoms with Crippen LogP contribution in [0.1, 0.15) is 16.8 Å². The lowest BCUT2D eigenvalue weighted by molar-refractivity contribution is 0.414. The lowest BCUT2D eigenvalue weighted by Crippen LogP contribution is -2.29. The van der Waals surface area contributed by atoms with E-state index in [1.165, 1.54) is 10.6 Å². The summed E-state index contributed by atoms with van der Waals surface area (Å²) >= 11 is 3.47. The molecular formula is C13H12N4OS2. The molecule has 3 heterocycles. The predicted molar refractivity (Wildman–Crippen MR) is 80.2 cm³/mol. The van der Waals surface area contributed by atoms with Gasteiger partial charge in [0.1, 0.15) is 16.2 Å². The van der Waals surface area contributed by atoms with Gasteiger partial charge in [-0.05, 0) is 36.4 Å². The van der Waals surface area contributed by atoms with E-state index in [0.717, 1.165) is 16.7 Å². The Hall–Kier alpha value is -1.60. The van der Waals surface area contributed by atoms with Crippen LogP contribution in [-0.2, 0) is 0 Å². The Bertz CT molecular complexity index is 695. The standard InChI is InChI=1S/C13H12N4OS2/c1-8-14-15-13-16(8)17-11(20-13)7-19-12(17)9-3-5-10(18-2)6-4-9/h3-7,12H,1-2H3. The topological polar surface area (TPSA) is 43.2 Å². The first kappa shape index (κ1) is 12.2. The van der Waals surface area contributed by atoms with Gasteiger partial charge >= 0.3 is 0 Å². The fraction of sp³-hybridized carbons (Fsp3) is 0.231. The molecule has 0 spiro atoms. The summed E-state index contributed by atoms with van der Waals surface area (Å²) in [7, 11) is 1.68. The molecule has 0 amide bonds.